The first-order valence-corrected chi connectivity index (χ1v) is 11.0. The second-order valence-electron chi connectivity index (χ2n) is 7.92. The van der Waals surface area contributed by atoms with Crippen LogP contribution in [0.1, 0.15) is 16.1 Å². The van der Waals surface area contributed by atoms with Crippen LogP contribution in [-0.4, -0.2) is 52.3 Å². The van der Waals surface area contributed by atoms with Gasteiger partial charge >= 0.3 is 0 Å². The van der Waals surface area contributed by atoms with Crippen molar-refractivity contribution in [2.45, 2.75) is 6.92 Å². The molecule has 1 fully saturated rings. The number of hydrogen-bond donors (Lipinski definition) is 2. The molecule has 2 N–H and O–H groups in total. The summed E-state index contributed by atoms with van der Waals surface area (Å²) in [6.45, 7) is 4.12. The Balaban J connectivity index is 1.39. The van der Waals surface area contributed by atoms with E-state index in [1.54, 1.807) is 31.5 Å². The van der Waals surface area contributed by atoms with Crippen LogP contribution in [0.4, 0.5) is 11.4 Å². The molecule has 9 heteroatoms. The van der Waals surface area contributed by atoms with Gasteiger partial charge in [-0.25, -0.2) is 0 Å². The number of hydrogen-bond acceptors (Lipinski definition) is 7. The maximum absolute atomic E-state index is 13.5. The molecule has 1 saturated heterocycles. The van der Waals surface area contributed by atoms with Crippen LogP contribution >= 0.6 is 11.6 Å². The maximum atomic E-state index is 13.5. The predicted molar refractivity (Wildman–Crippen MR) is 127 cm³/mol. The number of carbonyl (C=O) groups excluding carboxylic acids is 1. The summed E-state index contributed by atoms with van der Waals surface area (Å²) < 4.78 is 5.47. The summed E-state index contributed by atoms with van der Waals surface area (Å²) in [7, 11) is 0. The van der Waals surface area contributed by atoms with E-state index >= 15 is 0 Å². The molecule has 33 heavy (non-hydrogen) atoms. The van der Waals surface area contributed by atoms with Gasteiger partial charge in [-0.15, -0.1) is 0 Å². The van der Waals surface area contributed by atoms with Crippen LogP contribution in [0.25, 0.3) is 22.0 Å². The van der Waals surface area contributed by atoms with Crippen LogP contribution < -0.4 is 10.4 Å². The van der Waals surface area contributed by atoms with Gasteiger partial charge in [0, 0.05) is 49.5 Å². The molecular formula is C24H22ClN5O3. The Bertz CT molecular complexity index is 1330. The van der Waals surface area contributed by atoms with E-state index in [2.05, 4.69) is 20.5 Å². The number of benzene rings is 2. The monoisotopic (exact) mass is 463 g/mol. The fraction of sp³-hybridized carbons (Fsp3) is 0.208. The van der Waals surface area contributed by atoms with Gasteiger partial charge < -0.3 is 14.3 Å². The second-order valence-corrected chi connectivity index (χ2v) is 8.33. The van der Waals surface area contributed by atoms with E-state index in [1.165, 1.54) is 0 Å². The third-order valence-electron chi connectivity index (χ3n) is 6.00. The number of nitrogens with zero attached hydrogens (tertiary/aromatic N) is 4. The molecule has 0 atom stereocenters. The minimum atomic E-state index is -0.0969. The van der Waals surface area contributed by atoms with Crippen molar-refractivity contribution in [1.29, 1.82) is 0 Å². The smallest absolute Gasteiger partial charge is 0.259 e. The molecule has 8 nitrogen and oxygen atoms in total. The molecule has 5 rings (SSSR count). The summed E-state index contributed by atoms with van der Waals surface area (Å²) >= 11 is 6.38. The number of rotatable bonds is 4. The molecule has 168 valence electrons. The van der Waals surface area contributed by atoms with Crippen molar-refractivity contribution in [3.05, 3.63) is 71.2 Å². The SMILES string of the molecule is Cc1onc(-c2cccc3cnccc23)c1C(=O)N1CCN(c2ccc(NO)cc2Cl)CC1. The summed E-state index contributed by atoms with van der Waals surface area (Å²) in [6, 6.07) is 13.1. The van der Waals surface area contributed by atoms with Gasteiger partial charge in [0.2, 0.25) is 0 Å². The highest BCUT2D eigenvalue weighted by atomic mass is 35.5. The van der Waals surface area contributed by atoms with Crippen molar-refractivity contribution in [3.8, 4) is 11.3 Å². The van der Waals surface area contributed by atoms with Crippen molar-refractivity contribution in [3.63, 3.8) is 0 Å². The van der Waals surface area contributed by atoms with E-state index in [0.29, 0.717) is 53.9 Å². The third-order valence-corrected chi connectivity index (χ3v) is 6.30. The van der Waals surface area contributed by atoms with Gasteiger partial charge in [0.25, 0.3) is 5.91 Å². The van der Waals surface area contributed by atoms with Crippen LogP contribution in [0, 0.1) is 6.92 Å². The highest BCUT2D eigenvalue weighted by Gasteiger charge is 2.29. The first kappa shape index (κ1) is 21.2. The average molecular weight is 464 g/mol. The van der Waals surface area contributed by atoms with Gasteiger partial charge in [-0.1, -0.05) is 35.0 Å². The molecule has 1 amide bonds. The number of aryl methyl sites for hydroxylation is 1. The summed E-state index contributed by atoms with van der Waals surface area (Å²) in [6.07, 6.45) is 3.52. The van der Waals surface area contributed by atoms with Crippen LogP contribution in [0.2, 0.25) is 5.02 Å². The Morgan fingerprint density at radius 2 is 1.97 bits per heavy atom. The molecule has 1 aliphatic rings. The first-order chi connectivity index (χ1) is 16.1. The molecule has 3 heterocycles. The topological polar surface area (TPSA) is 94.7 Å². The van der Waals surface area contributed by atoms with Gasteiger partial charge in [0.1, 0.15) is 17.0 Å². The van der Waals surface area contributed by atoms with E-state index in [-0.39, 0.29) is 5.91 Å². The predicted octanol–water partition coefficient (Wildman–Crippen LogP) is 4.62. The molecule has 4 aromatic rings. The molecule has 0 bridgehead atoms. The summed E-state index contributed by atoms with van der Waals surface area (Å²) in [5.74, 6) is 0.402. The van der Waals surface area contributed by atoms with Crippen LogP contribution in [0.15, 0.2) is 59.4 Å². The zero-order chi connectivity index (χ0) is 22.9. The highest BCUT2D eigenvalue weighted by Crippen LogP contribution is 2.33. The molecule has 0 spiro atoms. The summed E-state index contributed by atoms with van der Waals surface area (Å²) in [5.41, 5.74) is 5.37. The van der Waals surface area contributed by atoms with Crippen molar-refractivity contribution in [2.75, 3.05) is 36.6 Å². The van der Waals surface area contributed by atoms with Gasteiger partial charge in [0.05, 0.1) is 16.4 Å². The van der Waals surface area contributed by atoms with Crippen LogP contribution in [0.5, 0.6) is 0 Å². The number of halogens is 1. The lowest BCUT2D eigenvalue weighted by Gasteiger charge is -2.36. The molecule has 0 saturated carbocycles. The quantitative estimate of drug-likeness (QED) is 0.426. The van der Waals surface area contributed by atoms with E-state index < -0.39 is 0 Å². The Morgan fingerprint density at radius 1 is 1.15 bits per heavy atom. The molecule has 2 aromatic carbocycles. The van der Waals surface area contributed by atoms with Gasteiger partial charge in [-0.05, 0) is 36.6 Å². The number of piperazine rings is 1. The lowest BCUT2D eigenvalue weighted by Crippen LogP contribution is -2.49. The van der Waals surface area contributed by atoms with Crippen molar-refractivity contribution >= 4 is 39.7 Å². The summed E-state index contributed by atoms with van der Waals surface area (Å²) in [5, 5.41) is 15.8. The molecule has 0 unspecified atom stereocenters. The number of amides is 1. The number of pyridine rings is 1. The van der Waals surface area contributed by atoms with Crippen molar-refractivity contribution < 1.29 is 14.5 Å². The van der Waals surface area contributed by atoms with Crippen LogP contribution in [-0.2, 0) is 0 Å². The second kappa shape index (κ2) is 8.73. The Kier molecular flexibility index (Phi) is 5.62. The Labute approximate surface area is 195 Å². The third kappa shape index (κ3) is 3.88. The Hall–Kier alpha value is -3.62. The van der Waals surface area contributed by atoms with Crippen molar-refractivity contribution in [2.24, 2.45) is 0 Å². The normalized spacial score (nSPS) is 14.0. The minimum absolute atomic E-state index is 0.0969. The fourth-order valence-electron chi connectivity index (χ4n) is 4.28. The minimum Gasteiger partial charge on any atom is -0.367 e. The molecular weight excluding hydrogens is 442 g/mol. The van der Waals surface area contributed by atoms with E-state index in [1.807, 2.05) is 35.2 Å². The van der Waals surface area contributed by atoms with E-state index in [9.17, 15) is 4.79 Å². The van der Waals surface area contributed by atoms with Gasteiger partial charge in [-0.2, -0.15) is 0 Å². The zero-order valence-electron chi connectivity index (χ0n) is 18.0. The first-order valence-electron chi connectivity index (χ1n) is 10.6. The lowest BCUT2D eigenvalue weighted by atomic mass is 9.99. The van der Waals surface area contributed by atoms with E-state index in [4.69, 9.17) is 21.3 Å². The Morgan fingerprint density at radius 3 is 2.73 bits per heavy atom. The average Bonchev–Trinajstić information content (AvgIpc) is 3.24. The largest absolute Gasteiger partial charge is 0.367 e. The molecule has 1 aliphatic heterocycles. The van der Waals surface area contributed by atoms with Gasteiger partial charge in [0.15, 0.2) is 0 Å². The number of anilines is 2. The molecule has 2 aromatic heterocycles. The number of fused-ring (bicyclic) bond motifs is 1. The number of aromatic nitrogens is 2. The molecule has 0 aliphatic carbocycles. The van der Waals surface area contributed by atoms with Crippen LogP contribution in [0.3, 0.4) is 0 Å². The standard InChI is InChI=1S/C24H22ClN5O3/c1-15-22(23(28-33-15)19-4-2-3-16-14-26-8-7-18(16)19)24(31)30-11-9-29(10-12-30)21-6-5-17(27-32)13-20(21)25/h2-8,13-14,27,32H,9-12H2,1H3. The van der Waals surface area contributed by atoms with E-state index in [0.717, 1.165) is 22.0 Å². The molecule has 0 radical (unpaired) electrons. The highest BCUT2D eigenvalue weighted by molar-refractivity contribution is 6.33. The number of nitrogens with one attached hydrogen (secondary N) is 1. The zero-order valence-corrected chi connectivity index (χ0v) is 18.7. The van der Waals surface area contributed by atoms with Gasteiger partial charge in [-0.3, -0.25) is 20.5 Å². The maximum Gasteiger partial charge on any atom is 0.259 e. The lowest BCUT2D eigenvalue weighted by molar-refractivity contribution is 0.0745. The summed E-state index contributed by atoms with van der Waals surface area (Å²) in [4.78, 5) is 21.7. The fourth-order valence-corrected chi connectivity index (χ4v) is 4.58. The number of carbonyl (C=O) groups is 1. The van der Waals surface area contributed by atoms with Crippen molar-refractivity contribution in [1.82, 2.24) is 15.0 Å².